The van der Waals surface area contributed by atoms with Gasteiger partial charge < -0.3 is 0 Å². The number of fused-ring (bicyclic) bond motifs is 6. The molecule has 9 aromatic carbocycles. The first-order valence-corrected chi connectivity index (χ1v) is 20.8. The predicted molar refractivity (Wildman–Crippen MR) is 246 cm³/mol. The molecule has 0 heteroatoms. The highest BCUT2D eigenvalue weighted by atomic mass is 14.4. The maximum absolute atomic E-state index is 2.45. The molecule has 0 nitrogen and oxygen atoms in total. The highest BCUT2D eigenvalue weighted by Crippen LogP contribution is 2.50. The lowest BCUT2D eigenvalue weighted by atomic mass is 9.81. The molecular formula is C56H52. The zero-order valence-corrected chi connectivity index (χ0v) is 34.2. The molecule has 2 aliphatic carbocycles. The molecule has 0 atom stereocenters. The Labute approximate surface area is 333 Å². The standard InChI is InChI=1S/C50H34.3C2H6/c1-50(2)46-13-6-5-10-41(46)42-25-22-35(29-47(42)50)39-24-19-33-20-26-43-38(23-18-32-21-27-44(39)49(33)48(32)43)31-16-14-30(15-17-31)36-11-7-12-40-37-9-4-3-8-34(37)28-45(36)40;3*1-2/h3-27,29H,28H2,1-2H3;3*1-2H3. The van der Waals surface area contributed by atoms with Crippen LogP contribution >= 0.6 is 0 Å². The van der Waals surface area contributed by atoms with Gasteiger partial charge in [0, 0.05) is 5.41 Å². The monoisotopic (exact) mass is 724 g/mol. The van der Waals surface area contributed by atoms with Crippen LogP contribution in [0.25, 0.3) is 88.0 Å². The smallest absolute Gasteiger partial charge is 0.0159 e. The van der Waals surface area contributed by atoms with E-state index in [0.717, 1.165) is 6.42 Å². The van der Waals surface area contributed by atoms with Gasteiger partial charge >= 0.3 is 0 Å². The van der Waals surface area contributed by atoms with Crippen LogP contribution in [-0.2, 0) is 11.8 Å². The van der Waals surface area contributed by atoms with Crippen LogP contribution in [0.3, 0.4) is 0 Å². The summed E-state index contributed by atoms with van der Waals surface area (Å²) in [4.78, 5) is 0. The molecule has 0 saturated carbocycles. The van der Waals surface area contributed by atoms with Gasteiger partial charge in [0.1, 0.15) is 0 Å². The Balaban J connectivity index is 0.000000704. The van der Waals surface area contributed by atoms with Crippen molar-refractivity contribution in [2.75, 3.05) is 0 Å². The molecule has 0 aliphatic heterocycles. The number of hydrogen-bond donors (Lipinski definition) is 0. The molecule has 9 aromatic rings. The Morgan fingerprint density at radius 1 is 0.357 bits per heavy atom. The Kier molecular flexibility index (Phi) is 9.85. The highest BCUT2D eigenvalue weighted by molar-refractivity contribution is 6.27. The average Bonchev–Trinajstić information content (AvgIpc) is 3.76. The summed E-state index contributed by atoms with van der Waals surface area (Å²) in [6, 6.07) is 59.5. The largest absolute Gasteiger partial charge is 0.0683 e. The molecule has 0 saturated heterocycles. The second-order valence-electron chi connectivity index (χ2n) is 14.8. The van der Waals surface area contributed by atoms with E-state index in [4.69, 9.17) is 0 Å². The molecule has 0 fully saturated rings. The fourth-order valence-corrected chi connectivity index (χ4v) is 9.43. The Hall–Kier alpha value is -5.98. The van der Waals surface area contributed by atoms with E-state index in [0.29, 0.717) is 0 Å². The lowest BCUT2D eigenvalue weighted by Gasteiger charge is -2.22. The molecule has 2 aliphatic rings. The molecule has 0 unspecified atom stereocenters. The van der Waals surface area contributed by atoms with Crippen LogP contribution in [0.2, 0.25) is 0 Å². The maximum Gasteiger partial charge on any atom is 0.0159 e. The zero-order valence-electron chi connectivity index (χ0n) is 34.2. The van der Waals surface area contributed by atoms with Gasteiger partial charge in [0.25, 0.3) is 0 Å². The fraction of sp³-hybridized carbons (Fsp3) is 0.179. The first kappa shape index (κ1) is 37.0. The zero-order chi connectivity index (χ0) is 39.1. The molecule has 0 amide bonds. The van der Waals surface area contributed by atoms with Crippen molar-refractivity contribution in [2.45, 2.75) is 67.2 Å². The van der Waals surface area contributed by atoms with Crippen LogP contribution in [0.4, 0.5) is 0 Å². The predicted octanol–water partition coefficient (Wildman–Crippen LogP) is 16.5. The minimum Gasteiger partial charge on any atom is -0.0683 e. The molecule has 56 heavy (non-hydrogen) atoms. The first-order chi connectivity index (χ1) is 27.5. The highest BCUT2D eigenvalue weighted by Gasteiger charge is 2.35. The van der Waals surface area contributed by atoms with Gasteiger partial charge in [0.05, 0.1) is 0 Å². The van der Waals surface area contributed by atoms with Crippen molar-refractivity contribution < 1.29 is 0 Å². The molecule has 0 aromatic heterocycles. The molecule has 11 rings (SSSR count). The van der Waals surface area contributed by atoms with Crippen molar-refractivity contribution in [2.24, 2.45) is 0 Å². The third kappa shape index (κ3) is 5.65. The van der Waals surface area contributed by atoms with Gasteiger partial charge in [-0.2, -0.15) is 0 Å². The van der Waals surface area contributed by atoms with Crippen LogP contribution in [-0.4, -0.2) is 0 Å². The van der Waals surface area contributed by atoms with Gasteiger partial charge in [0.15, 0.2) is 0 Å². The summed E-state index contributed by atoms with van der Waals surface area (Å²) < 4.78 is 0. The molecule has 276 valence electrons. The third-order valence-electron chi connectivity index (χ3n) is 11.9. The van der Waals surface area contributed by atoms with Gasteiger partial charge in [-0.1, -0.05) is 207 Å². The Morgan fingerprint density at radius 3 is 1.48 bits per heavy atom. The van der Waals surface area contributed by atoms with Gasteiger partial charge in [-0.3, -0.25) is 0 Å². The fourth-order valence-electron chi connectivity index (χ4n) is 9.43. The van der Waals surface area contributed by atoms with Crippen molar-refractivity contribution in [3.63, 3.8) is 0 Å². The summed E-state index contributed by atoms with van der Waals surface area (Å²) in [6.07, 6.45) is 0.997. The molecule has 0 spiro atoms. The summed E-state index contributed by atoms with van der Waals surface area (Å²) in [7, 11) is 0. The quantitative estimate of drug-likeness (QED) is 0.159. The van der Waals surface area contributed by atoms with Crippen molar-refractivity contribution in [1.29, 1.82) is 0 Å². The SMILES string of the molecule is CC.CC.CC.CC1(C)c2ccccc2-c2ccc(-c3ccc4ccc5c(-c6ccc(-c7cccc8c7Cc7ccccc7-8)cc6)ccc6ccc3c4c65)cc21. The molecule has 0 N–H and O–H groups in total. The Morgan fingerprint density at radius 2 is 0.821 bits per heavy atom. The lowest BCUT2D eigenvalue weighted by molar-refractivity contribution is 0.660. The van der Waals surface area contributed by atoms with E-state index < -0.39 is 0 Å². The molecule has 0 heterocycles. The summed E-state index contributed by atoms with van der Waals surface area (Å²) in [5.74, 6) is 0. The summed E-state index contributed by atoms with van der Waals surface area (Å²) in [5, 5.41) is 7.93. The number of benzene rings is 9. The minimum atomic E-state index is -0.0261. The van der Waals surface area contributed by atoms with E-state index in [1.54, 1.807) is 0 Å². The second-order valence-corrected chi connectivity index (χ2v) is 14.8. The third-order valence-corrected chi connectivity index (χ3v) is 11.9. The van der Waals surface area contributed by atoms with Crippen LogP contribution in [0, 0.1) is 0 Å². The van der Waals surface area contributed by atoms with Crippen molar-refractivity contribution in [3.8, 4) is 55.6 Å². The van der Waals surface area contributed by atoms with Gasteiger partial charge in [-0.25, -0.2) is 0 Å². The Bertz CT molecular complexity index is 2850. The van der Waals surface area contributed by atoms with Gasteiger partial charge in [-0.15, -0.1) is 0 Å². The number of rotatable bonds is 3. The molecule has 0 radical (unpaired) electrons. The van der Waals surface area contributed by atoms with Crippen LogP contribution < -0.4 is 0 Å². The van der Waals surface area contributed by atoms with Crippen molar-refractivity contribution in [1.82, 2.24) is 0 Å². The minimum absolute atomic E-state index is 0.0261. The lowest BCUT2D eigenvalue weighted by Crippen LogP contribution is -2.14. The second kappa shape index (κ2) is 14.9. The molecular weight excluding hydrogens is 673 g/mol. The van der Waals surface area contributed by atoms with Gasteiger partial charge in [0.2, 0.25) is 0 Å². The maximum atomic E-state index is 2.45. The van der Waals surface area contributed by atoms with E-state index in [1.807, 2.05) is 41.5 Å². The normalized spacial score (nSPS) is 12.7. The van der Waals surface area contributed by atoms with E-state index in [1.165, 1.54) is 110 Å². The van der Waals surface area contributed by atoms with Crippen LogP contribution in [0.15, 0.2) is 158 Å². The summed E-state index contributed by atoms with van der Waals surface area (Å²) in [5.41, 5.74) is 18.9. The average molecular weight is 725 g/mol. The summed E-state index contributed by atoms with van der Waals surface area (Å²) >= 11 is 0. The van der Waals surface area contributed by atoms with Crippen molar-refractivity contribution >= 4 is 32.3 Å². The van der Waals surface area contributed by atoms with E-state index in [-0.39, 0.29) is 5.41 Å². The van der Waals surface area contributed by atoms with E-state index >= 15 is 0 Å². The van der Waals surface area contributed by atoms with Gasteiger partial charge in [-0.05, 0) is 123 Å². The topological polar surface area (TPSA) is 0 Å². The number of hydrogen-bond acceptors (Lipinski definition) is 0. The van der Waals surface area contributed by atoms with Crippen LogP contribution in [0.1, 0.15) is 77.6 Å². The summed E-state index contributed by atoms with van der Waals surface area (Å²) in [6.45, 7) is 16.7. The first-order valence-electron chi connectivity index (χ1n) is 20.8. The molecule has 0 bridgehead atoms. The van der Waals surface area contributed by atoms with E-state index in [9.17, 15) is 0 Å². The van der Waals surface area contributed by atoms with E-state index in [2.05, 4.69) is 172 Å². The van der Waals surface area contributed by atoms with Crippen LogP contribution in [0.5, 0.6) is 0 Å². The van der Waals surface area contributed by atoms with Crippen molar-refractivity contribution in [3.05, 3.63) is 180 Å².